The summed E-state index contributed by atoms with van der Waals surface area (Å²) >= 11 is 0. The molecule has 0 bridgehead atoms. The molecule has 1 aromatic rings. The molecule has 1 atom stereocenters. The number of carbonyl (C=O) groups is 1. The van der Waals surface area contributed by atoms with Crippen LogP contribution < -0.4 is 15.4 Å². The third-order valence-corrected chi connectivity index (χ3v) is 4.41. The molecule has 1 amide bonds. The summed E-state index contributed by atoms with van der Waals surface area (Å²) in [4.78, 5) is 12.3. The van der Waals surface area contributed by atoms with Gasteiger partial charge in [0.2, 0.25) is 5.91 Å². The fourth-order valence-corrected chi connectivity index (χ4v) is 3.06. The van der Waals surface area contributed by atoms with Crippen molar-refractivity contribution in [3.8, 4) is 5.75 Å². The van der Waals surface area contributed by atoms with Crippen molar-refractivity contribution in [1.29, 1.82) is 0 Å². The lowest BCUT2D eigenvalue weighted by Gasteiger charge is -2.28. The van der Waals surface area contributed by atoms with Crippen LogP contribution in [0.25, 0.3) is 0 Å². The van der Waals surface area contributed by atoms with Crippen molar-refractivity contribution in [1.82, 2.24) is 5.32 Å². The summed E-state index contributed by atoms with van der Waals surface area (Å²) in [5, 5.41) is 6.05. The Balaban J connectivity index is 0.00000288. The fourth-order valence-electron chi connectivity index (χ4n) is 3.06. The maximum atomic E-state index is 12.5. The molecule has 1 aliphatic heterocycles. The molecule has 1 saturated heterocycles. The average molecular weight is 363 g/mol. The second kappa shape index (κ2) is 9.79. The molecule has 2 N–H and O–H groups in total. The van der Waals surface area contributed by atoms with Crippen molar-refractivity contribution in [3.05, 3.63) is 23.8 Å². The Morgan fingerprint density at radius 3 is 2.67 bits per heavy atom. The first-order valence-electron chi connectivity index (χ1n) is 8.02. The number of ether oxygens (including phenoxy) is 1. The van der Waals surface area contributed by atoms with Crippen LogP contribution in [-0.4, -0.2) is 25.6 Å². The Kier molecular flexibility index (Phi) is 8.42. The molecule has 1 heterocycles. The molecule has 0 spiro atoms. The van der Waals surface area contributed by atoms with Gasteiger partial charge in [-0.2, -0.15) is 8.78 Å². The van der Waals surface area contributed by atoms with E-state index in [1.807, 2.05) is 0 Å². The van der Waals surface area contributed by atoms with E-state index in [2.05, 4.69) is 22.3 Å². The largest absolute Gasteiger partial charge is 0.433 e. The molecule has 0 saturated carbocycles. The Morgan fingerprint density at radius 1 is 1.38 bits per heavy atom. The number of aryl methyl sites for hydroxylation is 1. The summed E-state index contributed by atoms with van der Waals surface area (Å²) in [6.45, 7) is 2.89. The zero-order valence-corrected chi connectivity index (χ0v) is 14.8. The number of rotatable bonds is 6. The zero-order valence-electron chi connectivity index (χ0n) is 14.0. The number of hydrogen-bond acceptors (Lipinski definition) is 3. The minimum atomic E-state index is -2.92. The molecule has 0 aromatic heterocycles. The molecule has 1 fully saturated rings. The van der Waals surface area contributed by atoms with Gasteiger partial charge in [0.05, 0.1) is 5.69 Å². The number of amides is 1. The lowest BCUT2D eigenvalue weighted by Crippen LogP contribution is -2.32. The molecule has 1 aliphatic rings. The lowest BCUT2D eigenvalue weighted by molar-refractivity contribution is -0.117. The molecule has 0 radical (unpaired) electrons. The highest BCUT2D eigenvalue weighted by atomic mass is 35.5. The van der Waals surface area contributed by atoms with Gasteiger partial charge in [0, 0.05) is 6.42 Å². The van der Waals surface area contributed by atoms with Gasteiger partial charge in [-0.05, 0) is 56.3 Å². The summed E-state index contributed by atoms with van der Waals surface area (Å²) in [6.07, 6.45) is 2.52. The van der Waals surface area contributed by atoms with Gasteiger partial charge in [-0.1, -0.05) is 19.1 Å². The monoisotopic (exact) mass is 362 g/mol. The second-order valence-corrected chi connectivity index (χ2v) is 6.14. The number of benzene rings is 1. The first-order chi connectivity index (χ1) is 11.0. The molecule has 136 valence electrons. The van der Waals surface area contributed by atoms with E-state index < -0.39 is 6.61 Å². The van der Waals surface area contributed by atoms with Gasteiger partial charge >= 0.3 is 6.61 Å². The third-order valence-electron chi connectivity index (χ3n) is 4.41. The average Bonchev–Trinajstić information content (AvgIpc) is 2.51. The maximum Gasteiger partial charge on any atom is 0.387 e. The number of halogens is 3. The van der Waals surface area contributed by atoms with E-state index in [1.165, 1.54) is 6.07 Å². The van der Waals surface area contributed by atoms with Gasteiger partial charge in [-0.25, -0.2) is 0 Å². The minimum Gasteiger partial charge on any atom is -0.433 e. The number of carbonyl (C=O) groups excluding carboxylic acids is 1. The van der Waals surface area contributed by atoms with Crippen LogP contribution in [-0.2, 0) is 4.79 Å². The van der Waals surface area contributed by atoms with Gasteiger partial charge < -0.3 is 15.4 Å². The van der Waals surface area contributed by atoms with Crippen LogP contribution in [0, 0.1) is 18.8 Å². The number of nitrogens with one attached hydrogen (secondary N) is 2. The van der Waals surface area contributed by atoms with Crippen molar-refractivity contribution < 1.29 is 18.3 Å². The summed E-state index contributed by atoms with van der Waals surface area (Å²) in [7, 11) is 0. The fraction of sp³-hybridized carbons (Fsp3) is 0.588. The van der Waals surface area contributed by atoms with Crippen molar-refractivity contribution >= 4 is 24.0 Å². The smallest absolute Gasteiger partial charge is 0.387 e. The topological polar surface area (TPSA) is 50.4 Å². The van der Waals surface area contributed by atoms with Crippen LogP contribution in [0.15, 0.2) is 18.2 Å². The van der Waals surface area contributed by atoms with Gasteiger partial charge in [0.25, 0.3) is 0 Å². The van der Waals surface area contributed by atoms with Crippen molar-refractivity contribution in [2.45, 2.75) is 39.7 Å². The molecule has 7 heteroatoms. The predicted molar refractivity (Wildman–Crippen MR) is 93.1 cm³/mol. The molecule has 24 heavy (non-hydrogen) atoms. The van der Waals surface area contributed by atoms with E-state index in [0.717, 1.165) is 25.9 Å². The predicted octanol–water partition coefficient (Wildman–Crippen LogP) is 3.98. The Labute approximate surface area is 147 Å². The van der Waals surface area contributed by atoms with Gasteiger partial charge in [-0.3, -0.25) is 4.79 Å². The van der Waals surface area contributed by atoms with Crippen molar-refractivity contribution in [3.63, 3.8) is 0 Å². The SMILES string of the molecule is Cc1cccc(OC(F)F)c1NC(=O)CC(C)C1CCNCC1.Cl. The highest BCUT2D eigenvalue weighted by molar-refractivity contribution is 5.93. The number of alkyl halides is 2. The Morgan fingerprint density at radius 2 is 2.04 bits per heavy atom. The number of hydrogen-bond donors (Lipinski definition) is 2. The molecule has 2 rings (SSSR count). The maximum absolute atomic E-state index is 12.5. The summed E-state index contributed by atoms with van der Waals surface area (Å²) in [5.41, 5.74) is 1.03. The van der Waals surface area contributed by atoms with Crippen LogP contribution in [0.3, 0.4) is 0 Å². The normalized spacial score (nSPS) is 16.4. The van der Waals surface area contributed by atoms with Crippen LogP contribution in [0.4, 0.5) is 14.5 Å². The van der Waals surface area contributed by atoms with E-state index >= 15 is 0 Å². The third kappa shape index (κ3) is 5.91. The van der Waals surface area contributed by atoms with E-state index in [1.54, 1.807) is 19.1 Å². The molecular weight excluding hydrogens is 338 g/mol. The lowest BCUT2D eigenvalue weighted by atomic mass is 9.84. The molecule has 1 aromatic carbocycles. The molecule has 1 unspecified atom stereocenters. The Bertz CT molecular complexity index is 537. The van der Waals surface area contributed by atoms with Crippen molar-refractivity contribution in [2.75, 3.05) is 18.4 Å². The highest BCUT2D eigenvalue weighted by Gasteiger charge is 2.23. The molecule has 4 nitrogen and oxygen atoms in total. The minimum absolute atomic E-state index is 0. The first kappa shape index (κ1) is 20.6. The van der Waals surface area contributed by atoms with Crippen LogP contribution in [0.5, 0.6) is 5.75 Å². The van der Waals surface area contributed by atoms with Crippen molar-refractivity contribution in [2.24, 2.45) is 11.8 Å². The van der Waals surface area contributed by atoms with Crippen LogP contribution >= 0.6 is 12.4 Å². The summed E-state index contributed by atoms with van der Waals surface area (Å²) in [5.74, 6) is 0.628. The highest BCUT2D eigenvalue weighted by Crippen LogP contribution is 2.30. The van der Waals surface area contributed by atoms with Gasteiger partial charge in [0.15, 0.2) is 0 Å². The zero-order chi connectivity index (χ0) is 16.8. The molecular formula is C17H25ClF2N2O2. The molecule has 0 aliphatic carbocycles. The van der Waals surface area contributed by atoms with Gasteiger partial charge in [0.1, 0.15) is 5.75 Å². The first-order valence-corrected chi connectivity index (χ1v) is 8.02. The second-order valence-electron chi connectivity index (χ2n) is 6.14. The number of piperidine rings is 1. The van der Waals surface area contributed by atoms with Crippen LogP contribution in [0.2, 0.25) is 0 Å². The number of anilines is 1. The summed E-state index contributed by atoms with van der Waals surface area (Å²) in [6, 6.07) is 4.82. The standard InChI is InChI=1S/C17H24F2N2O2.ClH/c1-11-4-3-5-14(23-17(18)19)16(11)21-15(22)10-12(2)13-6-8-20-9-7-13;/h3-5,12-13,17,20H,6-10H2,1-2H3,(H,21,22);1H. The summed E-state index contributed by atoms with van der Waals surface area (Å²) < 4.78 is 29.5. The van der Waals surface area contributed by atoms with E-state index in [-0.39, 0.29) is 30.0 Å². The van der Waals surface area contributed by atoms with E-state index in [4.69, 9.17) is 0 Å². The van der Waals surface area contributed by atoms with E-state index in [9.17, 15) is 13.6 Å². The number of para-hydroxylation sites is 1. The van der Waals surface area contributed by atoms with Crippen LogP contribution in [0.1, 0.15) is 31.7 Å². The Hall–Kier alpha value is -1.40. The quantitative estimate of drug-likeness (QED) is 0.804. The van der Waals surface area contributed by atoms with E-state index in [0.29, 0.717) is 23.6 Å². The van der Waals surface area contributed by atoms with Gasteiger partial charge in [-0.15, -0.1) is 12.4 Å².